The molecule has 3 rings (SSSR count). The third-order valence-corrected chi connectivity index (χ3v) is 8.08. The molecule has 0 saturated carbocycles. The second-order valence-corrected chi connectivity index (χ2v) is 11.7. The molecule has 1 unspecified atom stereocenters. The van der Waals surface area contributed by atoms with Gasteiger partial charge in [-0.15, -0.1) is 0 Å². The van der Waals surface area contributed by atoms with E-state index in [1.54, 1.807) is 13.8 Å². The van der Waals surface area contributed by atoms with Crippen molar-refractivity contribution in [3.63, 3.8) is 0 Å². The third-order valence-electron chi connectivity index (χ3n) is 6.09. The van der Waals surface area contributed by atoms with Crippen LogP contribution in [-0.2, 0) is 42.7 Å². The molecule has 1 atom stereocenters. The van der Waals surface area contributed by atoms with Crippen molar-refractivity contribution in [2.24, 2.45) is 5.92 Å². The van der Waals surface area contributed by atoms with Gasteiger partial charge in [-0.2, -0.15) is 0 Å². The Balaban J connectivity index is 1.90. The zero-order valence-electron chi connectivity index (χ0n) is 22.5. The average molecular weight is 531 g/mol. The largest absolute Gasteiger partial charge is 0.459 e. The average Bonchev–Trinajstić information content (AvgIpc) is 2.86. The Hall–Kier alpha value is -2.67. The van der Waals surface area contributed by atoms with Crippen molar-refractivity contribution >= 4 is 19.6 Å². The number of urea groups is 1. The highest BCUT2D eigenvalue weighted by atomic mass is 31.2. The monoisotopic (exact) mass is 530 g/mol. The van der Waals surface area contributed by atoms with E-state index in [1.807, 2.05) is 63.2 Å². The first-order valence-electron chi connectivity index (χ1n) is 12.9. The molecule has 0 aromatic heterocycles. The van der Waals surface area contributed by atoms with Gasteiger partial charge in [0.05, 0.1) is 13.2 Å². The van der Waals surface area contributed by atoms with Crippen LogP contribution in [-0.4, -0.2) is 53.9 Å². The molecule has 0 radical (unpaired) electrons. The van der Waals surface area contributed by atoms with E-state index in [9.17, 15) is 14.2 Å². The van der Waals surface area contributed by atoms with E-state index in [-0.39, 0.29) is 44.6 Å². The van der Waals surface area contributed by atoms with Gasteiger partial charge in [0.25, 0.3) is 0 Å². The number of rotatable bonds is 11. The highest BCUT2D eigenvalue weighted by Crippen LogP contribution is 2.49. The molecule has 202 valence electrons. The number of carbonyl (C=O) groups is 2. The van der Waals surface area contributed by atoms with Crippen molar-refractivity contribution in [2.45, 2.75) is 60.2 Å². The van der Waals surface area contributed by atoms with Crippen molar-refractivity contribution in [1.29, 1.82) is 0 Å². The Kier molecular flexibility index (Phi) is 10.3. The second kappa shape index (κ2) is 13.2. The maximum Gasteiger partial charge on any atom is 0.349 e. The van der Waals surface area contributed by atoms with Crippen LogP contribution in [0.2, 0.25) is 0 Å². The summed E-state index contributed by atoms with van der Waals surface area (Å²) < 4.78 is 30.0. The molecule has 0 N–H and O–H groups in total. The predicted octanol–water partition coefficient (Wildman–Crippen LogP) is 5.77. The summed E-state index contributed by atoms with van der Waals surface area (Å²) in [4.78, 5) is 30.4. The number of carbonyl (C=O) groups excluding carboxylic acids is 2. The molecule has 9 heteroatoms. The summed E-state index contributed by atoms with van der Waals surface area (Å²) >= 11 is 0. The fraction of sp³-hybridized carbons (Fsp3) is 0.500. The van der Waals surface area contributed by atoms with Crippen LogP contribution in [0.15, 0.2) is 48.5 Å². The van der Waals surface area contributed by atoms with Crippen LogP contribution in [0, 0.1) is 12.8 Å². The van der Waals surface area contributed by atoms with E-state index in [4.69, 9.17) is 13.8 Å². The topological polar surface area (TPSA) is 85.4 Å². The van der Waals surface area contributed by atoms with Gasteiger partial charge in [0.15, 0.2) is 0 Å². The Morgan fingerprint density at radius 1 is 1.05 bits per heavy atom. The highest BCUT2D eigenvalue weighted by molar-refractivity contribution is 7.53. The molecule has 2 aromatic rings. The third kappa shape index (κ3) is 7.91. The number of benzene rings is 2. The first-order valence-corrected chi connectivity index (χ1v) is 14.6. The zero-order valence-corrected chi connectivity index (χ0v) is 23.4. The van der Waals surface area contributed by atoms with Crippen LogP contribution >= 0.6 is 7.60 Å². The normalized spacial score (nSPS) is 15.4. The standard InChI is InChI=1S/C28H39N2O6P/c1-6-35-37(33,36-7-2)20-29(17-21(3)4)28(32)30-18-24-14-13-22(5)15-25(24)16-26(30)27(31)34-19-23-11-9-8-10-12-23/h8-15,21,26H,6-7,16-20H2,1-5H3. The summed E-state index contributed by atoms with van der Waals surface area (Å²) in [5.74, 6) is -0.365. The quantitative estimate of drug-likeness (QED) is 0.271. The summed E-state index contributed by atoms with van der Waals surface area (Å²) in [5.41, 5.74) is 3.96. The summed E-state index contributed by atoms with van der Waals surface area (Å²) in [6.07, 6.45) is 0.162. The summed E-state index contributed by atoms with van der Waals surface area (Å²) in [6.45, 7) is 10.6. The lowest BCUT2D eigenvalue weighted by atomic mass is 9.92. The van der Waals surface area contributed by atoms with Crippen molar-refractivity contribution in [2.75, 3.05) is 26.0 Å². The highest BCUT2D eigenvalue weighted by Gasteiger charge is 2.40. The molecule has 0 spiro atoms. The lowest BCUT2D eigenvalue weighted by Gasteiger charge is -2.39. The Bertz CT molecular complexity index is 1100. The fourth-order valence-electron chi connectivity index (χ4n) is 4.49. The van der Waals surface area contributed by atoms with Gasteiger partial charge in [0, 0.05) is 19.5 Å². The van der Waals surface area contributed by atoms with Crippen molar-refractivity contribution < 1.29 is 27.9 Å². The molecule has 0 aliphatic carbocycles. The zero-order chi connectivity index (χ0) is 27.0. The second-order valence-electron chi connectivity index (χ2n) is 9.70. The van der Waals surface area contributed by atoms with Gasteiger partial charge in [0.1, 0.15) is 18.9 Å². The van der Waals surface area contributed by atoms with Gasteiger partial charge >= 0.3 is 19.6 Å². The lowest BCUT2D eigenvalue weighted by Crippen LogP contribution is -2.54. The first-order chi connectivity index (χ1) is 17.7. The van der Waals surface area contributed by atoms with Crippen LogP contribution < -0.4 is 0 Å². The SMILES string of the molecule is CCOP(=O)(CN(CC(C)C)C(=O)N1Cc2ccc(C)cc2CC1C(=O)OCc1ccccc1)OCC. The maximum absolute atomic E-state index is 14.0. The maximum atomic E-state index is 14.0. The van der Waals surface area contributed by atoms with Gasteiger partial charge in [-0.3, -0.25) is 4.57 Å². The van der Waals surface area contributed by atoms with E-state index in [1.165, 1.54) is 9.80 Å². The van der Waals surface area contributed by atoms with Gasteiger partial charge < -0.3 is 23.6 Å². The number of ether oxygens (including phenoxy) is 1. The minimum Gasteiger partial charge on any atom is -0.459 e. The molecule has 37 heavy (non-hydrogen) atoms. The number of fused-ring (bicyclic) bond motifs is 1. The smallest absolute Gasteiger partial charge is 0.349 e. The molecular formula is C28H39N2O6P. The van der Waals surface area contributed by atoms with E-state index < -0.39 is 19.6 Å². The Labute approximate surface area is 220 Å². The Morgan fingerprint density at radius 3 is 2.35 bits per heavy atom. The van der Waals surface area contributed by atoms with E-state index in [0.717, 1.165) is 22.3 Å². The summed E-state index contributed by atoms with van der Waals surface area (Å²) in [7, 11) is -3.54. The summed E-state index contributed by atoms with van der Waals surface area (Å²) in [5, 5.41) is 0. The molecular weight excluding hydrogens is 491 g/mol. The Morgan fingerprint density at radius 2 is 1.73 bits per heavy atom. The minimum atomic E-state index is -3.54. The molecule has 8 nitrogen and oxygen atoms in total. The molecule has 0 saturated heterocycles. The summed E-state index contributed by atoms with van der Waals surface area (Å²) in [6, 6.07) is 14.3. The number of nitrogens with zero attached hydrogens (tertiary/aromatic N) is 2. The van der Waals surface area contributed by atoms with Crippen LogP contribution in [0.25, 0.3) is 0 Å². The van der Waals surface area contributed by atoms with E-state index >= 15 is 0 Å². The van der Waals surface area contributed by atoms with E-state index in [2.05, 4.69) is 6.07 Å². The lowest BCUT2D eigenvalue weighted by molar-refractivity contribution is -0.151. The predicted molar refractivity (Wildman–Crippen MR) is 143 cm³/mol. The molecule has 2 amide bonds. The minimum absolute atomic E-state index is 0.101. The van der Waals surface area contributed by atoms with E-state index in [0.29, 0.717) is 13.0 Å². The first kappa shape index (κ1) is 28.9. The van der Waals surface area contributed by atoms with Crippen LogP contribution in [0.3, 0.4) is 0 Å². The fourth-order valence-corrected chi connectivity index (χ4v) is 6.17. The number of hydrogen-bond acceptors (Lipinski definition) is 6. The van der Waals surface area contributed by atoms with Gasteiger partial charge in [-0.25, -0.2) is 9.59 Å². The number of amides is 2. The van der Waals surface area contributed by atoms with Crippen molar-refractivity contribution in [3.8, 4) is 0 Å². The van der Waals surface area contributed by atoms with Gasteiger partial charge in [-0.1, -0.05) is 67.9 Å². The molecule has 1 heterocycles. The number of esters is 1. The van der Waals surface area contributed by atoms with Gasteiger partial charge in [0.2, 0.25) is 0 Å². The molecule has 0 bridgehead atoms. The van der Waals surface area contributed by atoms with Gasteiger partial charge in [-0.05, 0) is 43.4 Å². The van der Waals surface area contributed by atoms with Crippen LogP contribution in [0.5, 0.6) is 0 Å². The van der Waals surface area contributed by atoms with Crippen molar-refractivity contribution in [1.82, 2.24) is 9.80 Å². The van der Waals surface area contributed by atoms with Crippen LogP contribution in [0.4, 0.5) is 4.79 Å². The molecule has 0 fully saturated rings. The molecule has 1 aliphatic rings. The molecule has 2 aromatic carbocycles. The van der Waals surface area contributed by atoms with Crippen LogP contribution in [0.1, 0.15) is 49.9 Å². The molecule has 1 aliphatic heterocycles. The number of aryl methyl sites for hydroxylation is 1. The van der Waals surface area contributed by atoms with Crippen molar-refractivity contribution in [3.05, 3.63) is 70.8 Å². The number of hydrogen-bond donors (Lipinski definition) is 0.